The molecule has 3 rings (SSSR count). The molecule has 2 aromatic rings. The standard InChI is InChI=1S/C15H11F4N3O2/c16-8-5-20-15(21-6-8)24-9-3-4-22(7-9)14(23)10-1-2-11(17)13(19)12(10)18/h1-2,5-6,9H,3-4,7H2. The minimum atomic E-state index is -1.69. The van der Waals surface area contributed by atoms with Crippen LogP contribution < -0.4 is 4.74 Å². The molecule has 1 atom stereocenters. The van der Waals surface area contributed by atoms with Crippen molar-refractivity contribution >= 4 is 5.91 Å². The van der Waals surface area contributed by atoms with Crippen LogP contribution in [-0.4, -0.2) is 40.0 Å². The Bertz CT molecular complexity index is 770. The quantitative estimate of drug-likeness (QED) is 0.635. The van der Waals surface area contributed by atoms with Crippen molar-refractivity contribution in [2.75, 3.05) is 13.1 Å². The lowest BCUT2D eigenvalue weighted by Gasteiger charge is -2.17. The number of carbonyl (C=O) groups excluding carboxylic acids is 1. The maximum atomic E-state index is 13.7. The molecule has 126 valence electrons. The fourth-order valence-corrected chi connectivity index (χ4v) is 2.38. The van der Waals surface area contributed by atoms with Crippen molar-refractivity contribution in [3.63, 3.8) is 0 Å². The molecule has 0 saturated carbocycles. The number of nitrogens with zero attached hydrogens (tertiary/aromatic N) is 3. The van der Waals surface area contributed by atoms with E-state index in [0.717, 1.165) is 18.5 Å². The molecule has 1 aromatic heterocycles. The lowest BCUT2D eigenvalue weighted by Crippen LogP contribution is -2.32. The molecule has 1 aliphatic rings. The van der Waals surface area contributed by atoms with Gasteiger partial charge in [0.25, 0.3) is 5.91 Å². The number of hydrogen-bond acceptors (Lipinski definition) is 4. The van der Waals surface area contributed by atoms with Gasteiger partial charge in [-0.1, -0.05) is 0 Å². The van der Waals surface area contributed by atoms with Crippen LogP contribution in [0.4, 0.5) is 17.6 Å². The van der Waals surface area contributed by atoms with Crippen LogP contribution in [-0.2, 0) is 0 Å². The van der Waals surface area contributed by atoms with Gasteiger partial charge in [0, 0.05) is 13.0 Å². The highest BCUT2D eigenvalue weighted by atomic mass is 19.2. The average molecular weight is 341 g/mol. The van der Waals surface area contributed by atoms with Crippen molar-refractivity contribution in [1.82, 2.24) is 14.9 Å². The number of ether oxygens (including phenoxy) is 1. The molecule has 1 fully saturated rings. The number of aromatic nitrogens is 2. The van der Waals surface area contributed by atoms with Crippen molar-refractivity contribution in [3.05, 3.63) is 53.4 Å². The zero-order chi connectivity index (χ0) is 17.3. The van der Waals surface area contributed by atoms with Gasteiger partial charge in [-0.05, 0) is 12.1 Å². The Morgan fingerprint density at radius 1 is 1.12 bits per heavy atom. The summed E-state index contributed by atoms with van der Waals surface area (Å²) < 4.78 is 58.0. The third-order valence-corrected chi connectivity index (χ3v) is 3.57. The number of likely N-dealkylation sites (tertiary alicyclic amines) is 1. The van der Waals surface area contributed by atoms with Crippen LogP contribution in [0.25, 0.3) is 0 Å². The highest BCUT2D eigenvalue weighted by Gasteiger charge is 2.31. The molecule has 1 aromatic carbocycles. The van der Waals surface area contributed by atoms with Crippen molar-refractivity contribution in [2.45, 2.75) is 12.5 Å². The van der Waals surface area contributed by atoms with Crippen LogP contribution in [0.15, 0.2) is 24.5 Å². The molecular formula is C15H11F4N3O2. The first kappa shape index (κ1) is 16.2. The molecule has 24 heavy (non-hydrogen) atoms. The number of hydrogen-bond donors (Lipinski definition) is 0. The minimum Gasteiger partial charge on any atom is -0.458 e. The van der Waals surface area contributed by atoms with Crippen molar-refractivity contribution < 1.29 is 27.1 Å². The van der Waals surface area contributed by atoms with Gasteiger partial charge >= 0.3 is 6.01 Å². The second-order valence-electron chi connectivity index (χ2n) is 5.19. The smallest absolute Gasteiger partial charge is 0.316 e. The zero-order valence-corrected chi connectivity index (χ0v) is 12.2. The van der Waals surface area contributed by atoms with E-state index in [0.29, 0.717) is 12.5 Å². The Hall–Kier alpha value is -2.71. The fraction of sp³-hybridized carbons (Fsp3) is 0.267. The molecule has 0 radical (unpaired) electrons. The van der Waals surface area contributed by atoms with Crippen molar-refractivity contribution in [2.24, 2.45) is 0 Å². The largest absolute Gasteiger partial charge is 0.458 e. The molecule has 5 nitrogen and oxygen atoms in total. The van der Waals surface area contributed by atoms with Crippen LogP contribution in [0.2, 0.25) is 0 Å². The van der Waals surface area contributed by atoms with Gasteiger partial charge in [0.15, 0.2) is 23.3 Å². The second kappa shape index (κ2) is 6.42. The molecule has 1 saturated heterocycles. The van der Waals surface area contributed by atoms with E-state index >= 15 is 0 Å². The zero-order valence-electron chi connectivity index (χ0n) is 12.2. The van der Waals surface area contributed by atoms with Crippen LogP contribution in [0.5, 0.6) is 6.01 Å². The highest BCUT2D eigenvalue weighted by Crippen LogP contribution is 2.21. The summed E-state index contributed by atoms with van der Waals surface area (Å²) in [5.41, 5.74) is -0.549. The molecule has 0 spiro atoms. The topological polar surface area (TPSA) is 55.3 Å². The summed E-state index contributed by atoms with van der Waals surface area (Å²) in [6.07, 6.45) is 1.83. The molecule has 2 heterocycles. The van der Waals surface area contributed by atoms with E-state index in [9.17, 15) is 22.4 Å². The summed E-state index contributed by atoms with van der Waals surface area (Å²) in [6, 6.07) is 1.55. The SMILES string of the molecule is O=C(c1ccc(F)c(F)c1F)N1CCC(Oc2ncc(F)cn2)C1. The Labute approximate surface area is 133 Å². The predicted molar refractivity (Wildman–Crippen MR) is 73.2 cm³/mol. The highest BCUT2D eigenvalue weighted by molar-refractivity contribution is 5.94. The number of rotatable bonds is 3. The molecule has 0 aliphatic carbocycles. The summed E-state index contributed by atoms with van der Waals surface area (Å²) in [7, 11) is 0. The summed E-state index contributed by atoms with van der Waals surface area (Å²) >= 11 is 0. The van der Waals surface area contributed by atoms with E-state index < -0.39 is 40.8 Å². The second-order valence-corrected chi connectivity index (χ2v) is 5.19. The molecule has 9 heteroatoms. The van der Waals surface area contributed by atoms with Gasteiger partial charge in [0.05, 0.1) is 24.5 Å². The van der Waals surface area contributed by atoms with Gasteiger partial charge in [0.1, 0.15) is 6.10 Å². The third-order valence-electron chi connectivity index (χ3n) is 3.57. The van der Waals surface area contributed by atoms with Crippen LogP contribution in [0.1, 0.15) is 16.8 Å². The Morgan fingerprint density at radius 2 is 1.83 bits per heavy atom. The molecule has 1 unspecified atom stereocenters. The molecule has 0 bridgehead atoms. The number of benzene rings is 1. The molecule has 1 aliphatic heterocycles. The van der Waals surface area contributed by atoms with Gasteiger partial charge in [-0.15, -0.1) is 0 Å². The fourth-order valence-electron chi connectivity index (χ4n) is 2.38. The third kappa shape index (κ3) is 3.15. The first-order valence-corrected chi connectivity index (χ1v) is 7.02. The lowest BCUT2D eigenvalue weighted by atomic mass is 10.1. The maximum absolute atomic E-state index is 13.7. The summed E-state index contributed by atoms with van der Waals surface area (Å²) in [4.78, 5) is 20.8. The van der Waals surface area contributed by atoms with E-state index in [1.807, 2.05) is 0 Å². The lowest BCUT2D eigenvalue weighted by molar-refractivity contribution is 0.0763. The van der Waals surface area contributed by atoms with E-state index in [-0.39, 0.29) is 19.1 Å². The van der Waals surface area contributed by atoms with Crippen LogP contribution >= 0.6 is 0 Å². The predicted octanol–water partition coefficient (Wildman–Crippen LogP) is 2.33. The van der Waals surface area contributed by atoms with Gasteiger partial charge in [0.2, 0.25) is 0 Å². The first-order chi connectivity index (χ1) is 11.5. The maximum Gasteiger partial charge on any atom is 0.316 e. The van der Waals surface area contributed by atoms with Gasteiger partial charge in [-0.2, -0.15) is 0 Å². The molecular weight excluding hydrogens is 330 g/mol. The Morgan fingerprint density at radius 3 is 2.54 bits per heavy atom. The Kier molecular flexibility index (Phi) is 4.32. The molecule has 0 N–H and O–H groups in total. The number of carbonyl (C=O) groups is 1. The van der Waals surface area contributed by atoms with Crippen molar-refractivity contribution in [3.8, 4) is 6.01 Å². The summed E-state index contributed by atoms with van der Waals surface area (Å²) in [5, 5.41) is 0. The van der Waals surface area contributed by atoms with E-state index in [2.05, 4.69) is 9.97 Å². The minimum absolute atomic E-state index is 0.0466. The Balaban J connectivity index is 1.68. The number of halogens is 4. The number of amides is 1. The summed E-state index contributed by atoms with van der Waals surface area (Å²) in [6.45, 7) is 0.334. The summed E-state index contributed by atoms with van der Waals surface area (Å²) in [5.74, 6) is -5.95. The first-order valence-electron chi connectivity index (χ1n) is 7.02. The van der Waals surface area contributed by atoms with E-state index in [4.69, 9.17) is 4.74 Å². The van der Waals surface area contributed by atoms with Crippen molar-refractivity contribution in [1.29, 1.82) is 0 Å². The monoisotopic (exact) mass is 341 g/mol. The van der Waals surface area contributed by atoms with Crippen LogP contribution in [0, 0.1) is 23.3 Å². The average Bonchev–Trinajstić information content (AvgIpc) is 3.03. The van der Waals surface area contributed by atoms with Gasteiger partial charge < -0.3 is 9.64 Å². The normalized spacial score (nSPS) is 17.2. The van der Waals surface area contributed by atoms with E-state index in [1.165, 1.54) is 4.90 Å². The van der Waals surface area contributed by atoms with Gasteiger partial charge in [-0.3, -0.25) is 4.79 Å². The van der Waals surface area contributed by atoms with Gasteiger partial charge in [-0.25, -0.2) is 27.5 Å². The van der Waals surface area contributed by atoms with Crippen LogP contribution in [0.3, 0.4) is 0 Å². The molecule has 1 amide bonds. The van der Waals surface area contributed by atoms with E-state index in [1.54, 1.807) is 0 Å².